The molecule has 6 nitrogen and oxygen atoms in total. The predicted molar refractivity (Wildman–Crippen MR) is 67.7 cm³/mol. The van der Waals surface area contributed by atoms with Crippen LogP contribution in [-0.2, 0) is 0 Å². The average molecular weight is 249 g/mol. The molecular weight excluding hydrogens is 238 g/mol. The van der Waals surface area contributed by atoms with Crippen molar-refractivity contribution in [3.8, 4) is 0 Å². The molecule has 7 heteroatoms. The molecule has 0 amide bonds. The van der Waals surface area contributed by atoms with Gasteiger partial charge in [0.2, 0.25) is 0 Å². The van der Waals surface area contributed by atoms with Gasteiger partial charge in [-0.15, -0.1) is 11.3 Å². The Hall–Kier alpha value is -2.02. The minimum absolute atomic E-state index is 0.360. The van der Waals surface area contributed by atoms with E-state index in [-0.39, 0.29) is 0 Å². The number of nitrogens with zero attached hydrogens (tertiary/aromatic N) is 3. The summed E-state index contributed by atoms with van der Waals surface area (Å²) in [7, 11) is 0. The van der Waals surface area contributed by atoms with E-state index in [0.717, 1.165) is 4.88 Å². The molecule has 0 bridgehead atoms. The molecular formula is C10H11N5OS. The van der Waals surface area contributed by atoms with Crippen LogP contribution in [-0.4, -0.2) is 21.4 Å². The van der Waals surface area contributed by atoms with E-state index in [4.69, 9.17) is 0 Å². The first-order chi connectivity index (χ1) is 8.15. The number of hydrogen-bond acceptors (Lipinski definition) is 6. The van der Waals surface area contributed by atoms with Gasteiger partial charge in [-0.1, -0.05) is 0 Å². The van der Waals surface area contributed by atoms with Crippen molar-refractivity contribution in [2.24, 2.45) is 5.10 Å². The number of hydrogen-bond donors (Lipinski definition) is 2. The zero-order valence-corrected chi connectivity index (χ0v) is 10.2. The normalized spacial score (nSPS) is 10.9. The van der Waals surface area contributed by atoms with Crippen LogP contribution in [0.5, 0.6) is 0 Å². The molecule has 88 valence electrons. The Kier molecular flexibility index (Phi) is 3.29. The van der Waals surface area contributed by atoms with Gasteiger partial charge in [0.25, 0.3) is 0 Å². The van der Waals surface area contributed by atoms with Gasteiger partial charge in [-0.25, -0.2) is 9.89 Å². The molecule has 2 heterocycles. The summed E-state index contributed by atoms with van der Waals surface area (Å²) in [4.78, 5) is 16.9. The third-order valence-corrected chi connectivity index (χ3v) is 2.93. The maximum atomic E-state index is 11.0. The molecule has 0 spiro atoms. The Morgan fingerprint density at radius 3 is 3.00 bits per heavy atom. The lowest BCUT2D eigenvalue weighted by atomic mass is 10.4. The quantitative estimate of drug-likeness (QED) is 0.634. The van der Waals surface area contributed by atoms with Crippen LogP contribution in [0, 0.1) is 13.8 Å². The smallest absolute Gasteiger partial charge is 0.260 e. The highest BCUT2D eigenvalue weighted by atomic mass is 32.1. The molecule has 0 saturated carbocycles. The van der Waals surface area contributed by atoms with E-state index >= 15 is 0 Å². The first-order valence-electron chi connectivity index (χ1n) is 4.94. The second-order valence-corrected chi connectivity index (χ2v) is 4.71. The largest absolute Gasteiger partial charge is 0.363 e. The van der Waals surface area contributed by atoms with Crippen molar-refractivity contribution in [2.75, 3.05) is 5.43 Å². The van der Waals surface area contributed by atoms with Crippen LogP contribution < -0.4 is 11.1 Å². The number of nitrogens with one attached hydrogen (secondary N) is 2. The van der Waals surface area contributed by atoms with Gasteiger partial charge >= 0.3 is 5.69 Å². The molecule has 2 rings (SSSR count). The highest BCUT2D eigenvalue weighted by molar-refractivity contribution is 7.13. The summed E-state index contributed by atoms with van der Waals surface area (Å²) in [5.41, 5.74) is 2.78. The van der Waals surface area contributed by atoms with E-state index in [2.05, 4.69) is 25.7 Å². The van der Waals surface area contributed by atoms with Crippen LogP contribution in [0.15, 0.2) is 22.0 Å². The fraction of sp³-hybridized carbons (Fsp3) is 0.200. The molecule has 0 saturated heterocycles. The summed E-state index contributed by atoms with van der Waals surface area (Å²) < 4.78 is 0. The van der Waals surface area contributed by atoms with Crippen LogP contribution >= 0.6 is 11.3 Å². The van der Waals surface area contributed by atoms with Gasteiger partial charge in [0, 0.05) is 9.75 Å². The minimum Gasteiger partial charge on any atom is -0.260 e. The van der Waals surface area contributed by atoms with Gasteiger partial charge in [0.15, 0.2) is 5.82 Å². The van der Waals surface area contributed by atoms with Gasteiger partial charge in [0.1, 0.15) is 5.69 Å². The van der Waals surface area contributed by atoms with E-state index in [1.165, 1.54) is 4.88 Å². The highest BCUT2D eigenvalue weighted by Gasteiger charge is 2.00. The molecule has 2 aromatic rings. The molecule has 0 fully saturated rings. The lowest BCUT2D eigenvalue weighted by Crippen LogP contribution is -2.15. The summed E-state index contributed by atoms with van der Waals surface area (Å²) in [5, 5.41) is 10.0. The maximum absolute atomic E-state index is 11.0. The van der Waals surface area contributed by atoms with E-state index in [1.54, 1.807) is 24.5 Å². The fourth-order valence-electron chi connectivity index (χ4n) is 1.18. The van der Waals surface area contributed by atoms with Crippen molar-refractivity contribution in [3.63, 3.8) is 0 Å². The van der Waals surface area contributed by atoms with Crippen molar-refractivity contribution in [1.82, 2.24) is 15.2 Å². The van der Waals surface area contributed by atoms with Crippen LogP contribution in [0.4, 0.5) is 5.82 Å². The van der Waals surface area contributed by atoms with Crippen LogP contribution in [0.3, 0.4) is 0 Å². The molecule has 0 radical (unpaired) electrons. The first-order valence-corrected chi connectivity index (χ1v) is 5.75. The molecule has 0 aliphatic heterocycles. The van der Waals surface area contributed by atoms with Crippen molar-refractivity contribution < 1.29 is 0 Å². The Labute approximate surface area is 101 Å². The van der Waals surface area contributed by atoms with Crippen LogP contribution in [0.2, 0.25) is 0 Å². The average Bonchev–Trinajstić information content (AvgIpc) is 2.69. The molecule has 0 atom stereocenters. The zero-order valence-electron chi connectivity index (χ0n) is 9.39. The van der Waals surface area contributed by atoms with Gasteiger partial charge in [-0.2, -0.15) is 15.2 Å². The Morgan fingerprint density at radius 2 is 2.29 bits per heavy atom. The van der Waals surface area contributed by atoms with Crippen molar-refractivity contribution in [1.29, 1.82) is 0 Å². The number of aromatic amines is 1. The van der Waals surface area contributed by atoms with E-state index in [1.807, 2.05) is 19.1 Å². The number of aromatic nitrogens is 3. The lowest BCUT2D eigenvalue weighted by Gasteiger charge is -1.99. The molecule has 0 aliphatic rings. The number of hydrazone groups is 1. The Balaban J connectivity index is 2.09. The number of aryl methyl sites for hydroxylation is 2. The molecule has 2 aromatic heterocycles. The minimum atomic E-state index is -0.500. The summed E-state index contributed by atoms with van der Waals surface area (Å²) in [6.45, 7) is 3.76. The topological polar surface area (TPSA) is 83.0 Å². The first kappa shape index (κ1) is 11.5. The standard InChI is InChI=1S/C10H11N5OS/c1-6-3-4-8(17-6)5-11-14-9-7(2)13-15-10(16)12-9/h3-5H,1-2H3,(H2,12,14,15,16)/b11-5-. The van der Waals surface area contributed by atoms with Gasteiger partial charge in [-0.3, -0.25) is 5.43 Å². The van der Waals surface area contributed by atoms with E-state index in [9.17, 15) is 4.79 Å². The lowest BCUT2D eigenvalue weighted by molar-refractivity contribution is 0.879. The zero-order chi connectivity index (χ0) is 12.3. The van der Waals surface area contributed by atoms with Gasteiger partial charge < -0.3 is 0 Å². The van der Waals surface area contributed by atoms with Crippen molar-refractivity contribution >= 4 is 23.4 Å². The summed E-state index contributed by atoms with van der Waals surface area (Å²) in [5.74, 6) is 0.360. The van der Waals surface area contributed by atoms with Crippen LogP contribution in [0.1, 0.15) is 15.4 Å². The molecule has 0 aromatic carbocycles. The van der Waals surface area contributed by atoms with Crippen molar-refractivity contribution in [2.45, 2.75) is 13.8 Å². The summed E-state index contributed by atoms with van der Waals surface area (Å²) in [6, 6.07) is 3.99. The fourth-order valence-corrected chi connectivity index (χ4v) is 1.93. The summed E-state index contributed by atoms with van der Waals surface area (Å²) in [6.07, 6.45) is 1.68. The third kappa shape index (κ3) is 2.97. The van der Waals surface area contributed by atoms with Gasteiger partial charge in [-0.05, 0) is 26.0 Å². The molecule has 0 unspecified atom stereocenters. The van der Waals surface area contributed by atoms with E-state index in [0.29, 0.717) is 11.5 Å². The second-order valence-electron chi connectivity index (χ2n) is 3.39. The maximum Gasteiger partial charge on any atom is 0.363 e. The predicted octanol–water partition coefficient (Wildman–Crippen LogP) is 1.29. The van der Waals surface area contributed by atoms with Gasteiger partial charge in [0.05, 0.1) is 6.21 Å². The number of rotatable bonds is 3. The SMILES string of the molecule is Cc1ccc(/C=N\Nc2nc(=O)[nH]nc2C)s1. The second kappa shape index (κ2) is 4.88. The van der Waals surface area contributed by atoms with Crippen molar-refractivity contribution in [3.05, 3.63) is 38.1 Å². The highest BCUT2D eigenvalue weighted by Crippen LogP contribution is 2.12. The number of H-pyrrole nitrogens is 1. The summed E-state index contributed by atoms with van der Waals surface area (Å²) >= 11 is 1.64. The molecule has 2 N–H and O–H groups in total. The van der Waals surface area contributed by atoms with E-state index < -0.39 is 5.69 Å². The number of thiophene rings is 1. The molecule has 0 aliphatic carbocycles. The monoisotopic (exact) mass is 249 g/mol. The van der Waals surface area contributed by atoms with Crippen LogP contribution in [0.25, 0.3) is 0 Å². The number of anilines is 1. The Morgan fingerprint density at radius 1 is 1.47 bits per heavy atom. The molecule has 17 heavy (non-hydrogen) atoms. The Bertz CT molecular complexity index is 601. The third-order valence-electron chi connectivity index (χ3n) is 2.00.